The standard InChI is InChI=1S/C19H18ClN3OS/c1-3-12-23-17-11-7-6-10-16(17)22-19(23)25-13(2)18(24)21-15-9-5-4-8-14(15)20/h3-11,13H,1,12H2,2H3,(H,21,24). The van der Waals surface area contributed by atoms with Crippen molar-refractivity contribution in [1.29, 1.82) is 0 Å². The molecule has 1 heterocycles. The summed E-state index contributed by atoms with van der Waals surface area (Å²) in [7, 11) is 0. The summed E-state index contributed by atoms with van der Waals surface area (Å²) in [5, 5.41) is 3.86. The molecule has 128 valence electrons. The molecule has 1 aromatic heterocycles. The van der Waals surface area contributed by atoms with Gasteiger partial charge in [-0.25, -0.2) is 4.98 Å². The Morgan fingerprint density at radius 1 is 1.32 bits per heavy atom. The van der Waals surface area contributed by atoms with Crippen LogP contribution in [0.15, 0.2) is 66.3 Å². The first-order valence-corrected chi connectivity index (χ1v) is 9.14. The Labute approximate surface area is 155 Å². The SMILES string of the molecule is C=CCn1c(SC(C)C(=O)Nc2ccccc2Cl)nc2ccccc21. The highest BCUT2D eigenvalue weighted by Crippen LogP contribution is 2.28. The Balaban J connectivity index is 1.80. The molecule has 0 saturated heterocycles. The summed E-state index contributed by atoms with van der Waals surface area (Å²) < 4.78 is 2.06. The molecule has 1 amide bonds. The number of para-hydroxylation sites is 3. The Bertz CT molecular complexity index is 922. The lowest BCUT2D eigenvalue weighted by Gasteiger charge is -2.13. The smallest absolute Gasteiger partial charge is 0.237 e. The lowest BCUT2D eigenvalue weighted by Crippen LogP contribution is -2.23. The second-order valence-electron chi connectivity index (χ2n) is 5.51. The Morgan fingerprint density at radius 3 is 2.80 bits per heavy atom. The number of hydrogen-bond acceptors (Lipinski definition) is 3. The van der Waals surface area contributed by atoms with Crippen molar-refractivity contribution in [2.45, 2.75) is 23.9 Å². The number of carbonyl (C=O) groups excluding carboxylic acids is 1. The highest BCUT2D eigenvalue weighted by atomic mass is 35.5. The van der Waals surface area contributed by atoms with Crippen molar-refractivity contribution >= 4 is 46.0 Å². The average Bonchev–Trinajstić information content (AvgIpc) is 2.95. The van der Waals surface area contributed by atoms with Gasteiger partial charge in [0, 0.05) is 6.54 Å². The van der Waals surface area contributed by atoms with Crippen molar-refractivity contribution in [2.75, 3.05) is 5.32 Å². The lowest BCUT2D eigenvalue weighted by molar-refractivity contribution is -0.115. The van der Waals surface area contributed by atoms with E-state index in [-0.39, 0.29) is 11.2 Å². The zero-order valence-corrected chi connectivity index (χ0v) is 15.3. The van der Waals surface area contributed by atoms with E-state index in [1.807, 2.05) is 49.4 Å². The predicted molar refractivity (Wildman–Crippen MR) is 105 cm³/mol. The van der Waals surface area contributed by atoms with Crippen LogP contribution in [0, 0.1) is 0 Å². The number of halogens is 1. The summed E-state index contributed by atoms with van der Waals surface area (Å²) in [6.45, 7) is 6.31. The molecule has 1 N–H and O–H groups in total. The Hall–Kier alpha value is -2.24. The topological polar surface area (TPSA) is 46.9 Å². The molecule has 1 unspecified atom stereocenters. The molecule has 0 fully saturated rings. The quantitative estimate of drug-likeness (QED) is 0.490. The number of nitrogens with zero attached hydrogens (tertiary/aromatic N) is 2. The molecule has 2 aromatic carbocycles. The van der Waals surface area contributed by atoms with Gasteiger partial charge in [0.15, 0.2) is 5.16 Å². The minimum absolute atomic E-state index is 0.115. The molecule has 0 bridgehead atoms. The second kappa shape index (κ2) is 7.76. The molecule has 3 rings (SSSR count). The van der Waals surface area contributed by atoms with Crippen LogP contribution in [0.2, 0.25) is 5.02 Å². The predicted octanol–water partition coefficient (Wildman–Crippen LogP) is 5.00. The van der Waals surface area contributed by atoms with Gasteiger partial charge in [-0.3, -0.25) is 4.79 Å². The molecular formula is C19H18ClN3OS. The van der Waals surface area contributed by atoms with Gasteiger partial charge in [0.25, 0.3) is 0 Å². The zero-order chi connectivity index (χ0) is 17.8. The van der Waals surface area contributed by atoms with Gasteiger partial charge in [-0.1, -0.05) is 53.7 Å². The van der Waals surface area contributed by atoms with Crippen molar-refractivity contribution in [1.82, 2.24) is 9.55 Å². The third-order valence-electron chi connectivity index (χ3n) is 3.71. The van der Waals surface area contributed by atoms with Crippen LogP contribution in [-0.2, 0) is 11.3 Å². The first-order chi connectivity index (χ1) is 12.1. The number of benzene rings is 2. The van der Waals surface area contributed by atoms with E-state index in [9.17, 15) is 4.79 Å². The number of aromatic nitrogens is 2. The Morgan fingerprint density at radius 2 is 2.04 bits per heavy atom. The van der Waals surface area contributed by atoms with E-state index in [0.29, 0.717) is 17.3 Å². The van der Waals surface area contributed by atoms with Crippen molar-refractivity contribution in [3.05, 3.63) is 66.2 Å². The first-order valence-electron chi connectivity index (χ1n) is 7.88. The number of carbonyl (C=O) groups is 1. The highest BCUT2D eigenvalue weighted by molar-refractivity contribution is 8.00. The van der Waals surface area contributed by atoms with E-state index >= 15 is 0 Å². The monoisotopic (exact) mass is 371 g/mol. The number of anilines is 1. The zero-order valence-electron chi connectivity index (χ0n) is 13.8. The molecule has 0 aliphatic heterocycles. The fraction of sp³-hybridized carbons (Fsp3) is 0.158. The van der Waals surface area contributed by atoms with Gasteiger partial charge in [-0.05, 0) is 31.2 Å². The maximum Gasteiger partial charge on any atom is 0.237 e. The van der Waals surface area contributed by atoms with Crippen LogP contribution in [0.1, 0.15) is 6.92 Å². The average molecular weight is 372 g/mol. The van der Waals surface area contributed by atoms with Crippen molar-refractivity contribution in [3.8, 4) is 0 Å². The third-order valence-corrected chi connectivity index (χ3v) is 5.13. The molecule has 4 nitrogen and oxygen atoms in total. The van der Waals surface area contributed by atoms with E-state index in [2.05, 4.69) is 21.4 Å². The lowest BCUT2D eigenvalue weighted by atomic mass is 10.3. The van der Waals surface area contributed by atoms with Crippen LogP contribution >= 0.6 is 23.4 Å². The number of allylic oxidation sites excluding steroid dienone is 1. The summed E-state index contributed by atoms with van der Waals surface area (Å²) in [6.07, 6.45) is 1.83. The minimum Gasteiger partial charge on any atom is -0.324 e. The minimum atomic E-state index is -0.323. The number of hydrogen-bond donors (Lipinski definition) is 1. The van der Waals surface area contributed by atoms with Crippen LogP contribution in [0.3, 0.4) is 0 Å². The molecule has 0 saturated carbocycles. The maximum atomic E-state index is 12.5. The van der Waals surface area contributed by atoms with Crippen LogP contribution in [0.5, 0.6) is 0 Å². The first kappa shape index (κ1) is 17.6. The number of rotatable bonds is 6. The Kier molecular flexibility index (Phi) is 5.46. The third kappa shape index (κ3) is 3.89. The van der Waals surface area contributed by atoms with Gasteiger partial charge in [0.2, 0.25) is 5.91 Å². The van der Waals surface area contributed by atoms with Crippen LogP contribution in [0.4, 0.5) is 5.69 Å². The molecular weight excluding hydrogens is 354 g/mol. The summed E-state index contributed by atoms with van der Waals surface area (Å²) in [4.78, 5) is 17.2. The molecule has 0 aliphatic carbocycles. The fourth-order valence-corrected chi connectivity index (χ4v) is 3.57. The molecule has 0 spiro atoms. The number of imidazole rings is 1. The number of amides is 1. The summed E-state index contributed by atoms with van der Waals surface area (Å²) in [6, 6.07) is 15.1. The molecule has 1 atom stereocenters. The van der Waals surface area contributed by atoms with Crippen molar-refractivity contribution in [3.63, 3.8) is 0 Å². The summed E-state index contributed by atoms with van der Waals surface area (Å²) in [5.41, 5.74) is 2.55. The van der Waals surface area contributed by atoms with Crippen molar-refractivity contribution < 1.29 is 4.79 Å². The molecule has 0 radical (unpaired) electrons. The largest absolute Gasteiger partial charge is 0.324 e. The maximum absolute atomic E-state index is 12.5. The number of thioether (sulfide) groups is 1. The van der Waals surface area contributed by atoms with Crippen LogP contribution < -0.4 is 5.32 Å². The van der Waals surface area contributed by atoms with Gasteiger partial charge in [0.1, 0.15) is 0 Å². The van der Waals surface area contributed by atoms with E-state index in [0.717, 1.165) is 16.2 Å². The number of nitrogens with one attached hydrogen (secondary N) is 1. The van der Waals surface area contributed by atoms with Gasteiger partial charge in [-0.2, -0.15) is 0 Å². The molecule has 3 aromatic rings. The summed E-state index contributed by atoms with van der Waals surface area (Å²) >= 11 is 7.52. The van der Waals surface area contributed by atoms with E-state index in [1.54, 1.807) is 12.1 Å². The molecule has 0 aliphatic rings. The van der Waals surface area contributed by atoms with Crippen LogP contribution in [-0.4, -0.2) is 20.7 Å². The highest BCUT2D eigenvalue weighted by Gasteiger charge is 2.19. The fourth-order valence-electron chi connectivity index (χ4n) is 2.46. The van der Waals surface area contributed by atoms with Crippen molar-refractivity contribution in [2.24, 2.45) is 0 Å². The van der Waals surface area contributed by atoms with Crippen LogP contribution in [0.25, 0.3) is 11.0 Å². The number of fused-ring (bicyclic) bond motifs is 1. The molecule has 25 heavy (non-hydrogen) atoms. The molecule has 6 heteroatoms. The van der Waals surface area contributed by atoms with E-state index in [4.69, 9.17) is 11.6 Å². The van der Waals surface area contributed by atoms with Gasteiger partial charge in [-0.15, -0.1) is 6.58 Å². The van der Waals surface area contributed by atoms with Gasteiger partial charge < -0.3 is 9.88 Å². The summed E-state index contributed by atoms with van der Waals surface area (Å²) in [5.74, 6) is -0.115. The second-order valence-corrected chi connectivity index (χ2v) is 7.23. The van der Waals surface area contributed by atoms with E-state index < -0.39 is 0 Å². The van der Waals surface area contributed by atoms with Gasteiger partial charge in [0.05, 0.1) is 27.0 Å². The normalized spacial score (nSPS) is 12.1. The van der Waals surface area contributed by atoms with Gasteiger partial charge >= 0.3 is 0 Å². The van der Waals surface area contributed by atoms with E-state index in [1.165, 1.54) is 11.8 Å².